The fourth-order valence-corrected chi connectivity index (χ4v) is 1.82. The summed E-state index contributed by atoms with van der Waals surface area (Å²) in [4.78, 5) is 39.3. The summed E-state index contributed by atoms with van der Waals surface area (Å²) in [5.74, 6) is -2.79. The molecule has 0 saturated heterocycles. The summed E-state index contributed by atoms with van der Waals surface area (Å²) in [5, 5.41) is 65.0. The standard InChI is InChI=1S/C11H21O14P/c12-1-4(13)7(16)5(14)2-24-11(20)10(19)9(18)8(17)6(15)3-25-26(21,22)23/h5-10,12,14-19H,1-3H2,(H2,21,22,23)/t5-,6-,7-,8-,9+,10-/m1/s1. The summed E-state index contributed by atoms with van der Waals surface area (Å²) in [7, 11) is -4.98. The number of carbonyl (C=O) groups excluding carboxylic acids is 2. The van der Waals surface area contributed by atoms with E-state index in [1.807, 2.05) is 0 Å². The van der Waals surface area contributed by atoms with Crippen LogP contribution in [0.5, 0.6) is 0 Å². The fourth-order valence-electron chi connectivity index (χ4n) is 1.48. The van der Waals surface area contributed by atoms with Gasteiger partial charge >= 0.3 is 13.8 Å². The van der Waals surface area contributed by atoms with E-state index in [0.717, 1.165) is 0 Å². The molecule has 0 aromatic rings. The molecule has 0 unspecified atom stereocenters. The van der Waals surface area contributed by atoms with Crippen LogP contribution >= 0.6 is 7.82 Å². The Kier molecular flexibility index (Phi) is 10.5. The number of rotatable bonds is 12. The van der Waals surface area contributed by atoms with Gasteiger partial charge in [-0.3, -0.25) is 9.32 Å². The lowest BCUT2D eigenvalue weighted by atomic mass is 10.0. The van der Waals surface area contributed by atoms with Crippen molar-refractivity contribution in [2.24, 2.45) is 0 Å². The Labute approximate surface area is 146 Å². The molecule has 0 spiro atoms. The molecule has 9 N–H and O–H groups in total. The molecule has 0 amide bonds. The van der Waals surface area contributed by atoms with E-state index in [1.54, 1.807) is 0 Å². The SMILES string of the molecule is O=C(CO)[C@@H](O)[C@H](O)COC(=O)[C@H](O)[C@@H](O)[C@H](O)[C@H](O)COP(=O)(O)O. The third kappa shape index (κ3) is 8.57. The maximum Gasteiger partial charge on any atom is 0.469 e. The third-order valence-corrected chi connectivity index (χ3v) is 3.45. The Morgan fingerprint density at radius 1 is 0.846 bits per heavy atom. The van der Waals surface area contributed by atoms with E-state index in [4.69, 9.17) is 14.9 Å². The maximum atomic E-state index is 11.5. The molecule has 6 atom stereocenters. The molecule has 0 aliphatic rings. The van der Waals surface area contributed by atoms with Crippen molar-refractivity contribution < 1.29 is 68.9 Å². The predicted octanol–water partition coefficient (Wildman–Crippen LogP) is -5.63. The van der Waals surface area contributed by atoms with Crippen LogP contribution in [0.3, 0.4) is 0 Å². The Morgan fingerprint density at radius 2 is 1.38 bits per heavy atom. The van der Waals surface area contributed by atoms with Crippen LogP contribution in [0.2, 0.25) is 0 Å². The van der Waals surface area contributed by atoms with E-state index >= 15 is 0 Å². The molecule has 154 valence electrons. The first-order valence-electron chi connectivity index (χ1n) is 6.90. The van der Waals surface area contributed by atoms with E-state index in [9.17, 15) is 44.8 Å². The van der Waals surface area contributed by atoms with Crippen LogP contribution in [0.25, 0.3) is 0 Å². The van der Waals surface area contributed by atoms with Crippen LogP contribution in [0, 0.1) is 0 Å². The number of ketones is 1. The molecule has 14 nitrogen and oxygen atoms in total. The molecule has 15 heteroatoms. The highest BCUT2D eigenvalue weighted by Gasteiger charge is 2.37. The number of aliphatic hydroxyl groups excluding tert-OH is 7. The summed E-state index contributed by atoms with van der Waals surface area (Å²) in [6.45, 7) is -3.25. The van der Waals surface area contributed by atoms with Gasteiger partial charge in [-0.15, -0.1) is 0 Å². The van der Waals surface area contributed by atoms with E-state index in [1.165, 1.54) is 0 Å². The first-order chi connectivity index (χ1) is 11.8. The van der Waals surface area contributed by atoms with Gasteiger partial charge in [-0.1, -0.05) is 0 Å². The molecule has 0 bridgehead atoms. The monoisotopic (exact) mass is 408 g/mol. The largest absolute Gasteiger partial charge is 0.469 e. The van der Waals surface area contributed by atoms with Crippen LogP contribution in [-0.2, 0) is 23.4 Å². The highest BCUT2D eigenvalue weighted by atomic mass is 31.2. The number of phosphoric ester groups is 1. The smallest absolute Gasteiger partial charge is 0.461 e. The number of aliphatic hydroxyl groups is 7. The van der Waals surface area contributed by atoms with Gasteiger partial charge in [0, 0.05) is 0 Å². The van der Waals surface area contributed by atoms with E-state index in [-0.39, 0.29) is 0 Å². The van der Waals surface area contributed by atoms with Gasteiger partial charge in [0.1, 0.15) is 43.7 Å². The normalized spacial score (nSPS) is 19.1. The average molecular weight is 408 g/mol. The van der Waals surface area contributed by atoms with E-state index in [2.05, 4.69) is 9.26 Å². The van der Waals surface area contributed by atoms with Crippen molar-refractivity contribution in [3.8, 4) is 0 Å². The van der Waals surface area contributed by atoms with Crippen LogP contribution in [-0.4, -0.2) is 114 Å². The summed E-state index contributed by atoms with van der Waals surface area (Å²) in [6.07, 6.45) is -13.3. The van der Waals surface area contributed by atoms with Crippen molar-refractivity contribution in [3.05, 3.63) is 0 Å². The van der Waals surface area contributed by atoms with Gasteiger partial charge < -0.3 is 50.3 Å². The molecule has 26 heavy (non-hydrogen) atoms. The molecular weight excluding hydrogens is 387 g/mol. The van der Waals surface area contributed by atoms with Gasteiger partial charge in [0.15, 0.2) is 11.9 Å². The highest BCUT2D eigenvalue weighted by Crippen LogP contribution is 2.35. The molecule has 0 aliphatic carbocycles. The minimum absolute atomic E-state index is 1.02. The number of Topliss-reactive ketones (excluding diaryl/α,β-unsaturated/α-hetero) is 1. The van der Waals surface area contributed by atoms with Crippen LogP contribution < -0.4 is 0 Å². The highest BCUT2D eigenvalue weighted by molar-refractivity contribution is 7.46. The number of ether oxygens (including phenoxy) is 1. The second-order valence-corrected chi connectivity index (χ2v) is 6.29. The van der Waals surface area contributed by atoms with Gasteiger partial charge in [-0.25, -0.2) is 9.36 Å². The van der Waals surface area contributed by atoms with Gasteiger partial charge in [0.05, 0.1) is 6.61 Å². The molecule has 0 rings (SSSR count). The van der Waals surface area contributed by atoms with Crippen LogP contribution in [0.15, 0.2) is 0 Å². The summed E-state index contributed by atoms with van der Waals surface area (Å²) in [5.41, 5.74) is 0. The van der Waals surface area contributed by atoms with E-state index < -0.39 is 76.0 Å². The minimum Gasteiger partial charge on any atom is -0.461 e. The summed E-state index contributed by atoms with van der Waals surface area (Å²) >= 11 is 0. The second kappa shape index (κ2) is 11.0. The minimum atomic E-state index is -4.98. The Hall–Kier alpha value is -1.03. The lowest BCUT2D eigenvalue weighted by Crippen LogP contribution is -2.50. The second-order valence-electron chi connectivity index (χ2n) is 5.05. The summed E-state index contributed by atoms with van der Waals surface area (Å²) in [6, 6.07) is 0. The molecule has 0 radical (unpaired) electrons. The Balaban J connectivity index is 4.57. The number of carbonyl (C=O) groups is 2. The topological polar surface area (TPSA) is 252 Å². The van der Waals surface area contributed by atoms with E-state index in [0.29, 0.717) is 0 Å². The molecule has 0 aromatic heterocycles. The van der Waals surface area contributed by atoms with Gasteiger partial charge in [-0.05, 0) is 0 Å². The molecule has 0 saturated carbocycles. The van der Waals surface area contributed by atoms with Crippen LogP contribution in [0.4, 0.5) is 0 Å². The Morgan fingerprint density at radius 3 is 1.85 bits per heavy atom. The third-order valence-electron chi connectivity index (χ3n) is 2.97. The zero-order valence-electron chi connectivity index (χ0n) is 13.1. The molecular formula is C11H21O14P. The van der Waals surface area contributed by atoms with Crippen molar-refractivity contribution >= 4 is 19.6 Å². The average Bonchev–Trinajstić information content (AvgIpc) is 2.59. The van der Waals surface area contributed by atoms with Crippen LogP contribution in [0.1, 0.15) is 0 Å². The zero-order valence-corrected chi connectivity index (χ0v) is 14.0. The van der Waals surface area contributed by atoms with Crippen molar-refractivity contribution in [2.45, 2.75) is 36.6 Å². The van der Waals surface area contributed by atoms with Crippen molar-refractivity contribution in [3.63, 3.8) is 0 Å². The number of esters is 1. The van der Waals surface area contributed by atoms with Gasteiger partial charge in [0.25, 0.3) is 0 Å². The molecule has 0 fully saturated rings. The first-order valence-corrected chi connectivity index (χ1v) is 8.43. The van der Waals surface area contributed by atoms with Gasteiger partial charge in [0.2, 0.25) is 0 Å². The van der Waals surface area contributed by atoms with Crippen molar-refractivity contribution in [2.75, 3.05) is 19.8 Å². The number of phosphoric acid groups is 1. The fraction of sp³-hybridized carbons (Fsp3) is 0.818. The predicted molar refractivity (Wildman–Crippen MR) is 77.1 cm³/mol. The summed E-state index contributed by atoms with van der Waals surface area (Å²) < 4.78 is 18.6. The quantitative estimate of drug-likeness (QED) is 0.108. The molecule has 0 aromatic carbocycles. The lowest BCUT2D eigenvalue weighted by Gasteiger charge is -2.25. The first kappa shape index (κ1) is 25.0. The number of hydrogen-bond donors (Lipinski definition) is 9. The van der Waals surface area contributed by atoms with Crippen molar-refractivity contribution in [1.29, 1.82) is 0 Å². The zero-order chi connectivity index (χ0) is 20.7. The Bertz CT molecular complexity index is 505. The number of hydrogen-bond acceptors (Lipinski definition) is 12. The lowest BCUT2D eigenvalue weighted by molar-refractivity contribution is -0.175. The van der Waals surface area contributed by atoms with Gasteiger partial charge in [-0.2, -0.15) is 0 Å². The maximum absolute atomic E-state index is 11.5. The molecule has 0 aliphatic heterocycles. The van der Waals surface area contributed by atoms with Crippen molar-refractivity contribution in [1.82, 2.24) is 0 Å². The molecule has 0 heterocycles.